The molecule has 0 aliphatic heterocycles. The van der Waals surface area contributed by atoms with Gasteiger partial charge in [-0.3, -0.25) is 0 Å². The summed E-state index contributed by atoms with van der Waals surface area (Å²) < 4.78 is 5.14. The van der Waals surface area contributed by atoms with Gasteiger partial charge >= 0.3 is 12.1 Å². The van der Waals surface area contributed by atoms with E-state index in [0.717, 1.165) is 0 Å². The van der Waals surface area contributed by atoms with Gasteiger partial charge in [-0.1, -0.05) is 0 Å². The Morgan fingerprint density at radius 1 is 0.933 bits per heavy atom. The lowest BCUT2D eigenvalue weighted by Crippen LogP contribution is -2.36. The van der Waals surface area contributed by atoms with Crippen LogP contribution in [-0.2, 0) is 4.74 Å². The molecule has 0 unspecified atom stereocenters. The summed E-state index contributed by atoms with van der Waals surface area (Å²) >= 11 is 0. The van der Waals surface area contributed by atoms with Gasteiger partial charge in [0.2, 0.25) is 0 Å². The molecule has 0 saturated heterocycles. The molecule has 0 fully saturated rings. The predicted molar refractivity (Wildman–Crippen MR) is 55.7 cm³/mol. The van der Waals surface area contributed by atoms with Crippen LogP contribution in [0.3, 0.4) is 0 Å². The molecule has 15 heavy (non-hydrogen) atoms. The van der Waals surface area contributed by atoms with Crippen LogP contribution in [0.4, 0.5) is 9.59 Å². The third kappa shape index (κ3) is 8.82. The molecule has 0 aromatic carbocycles. The number of ether oxygens (including phenoxy) is 1. The van der Waals surface area contributed by atoms with Crippen LogP contribution in [0.15, 0.2) is 0 Å². The van der Waals surface area contributed by atoms with E-state index in [-0.39, 0.29) is 12.1 Å². The van der Waals surface area contributed by atoms with E-state index >= 15 is 0 Å². The van der Waals surface area contributed by atoms with Crippen LogP contribution in [0.1, 0.15) is 0 Å². The third-order valence-corrected chi connectivity index (χ3v) is 1.52. The van der Waals surface area contributed by atoms with Crippen LogP contribution in [0.25, 0.3) is 0 Å². The molecule has 0 rings (SSSR count). The minimum absolute atomic E-state index is 0.234. The van der Waals surface area contributed by atoms with Gasteiger partial charge in [0.15, 0.2) is 0 Å². The molecule has 0 atom stereocenters. The lowest BCUT2D eigenvalue weighted by molar-refractivity contribution is 0.139. The van der Waals surface area contributed by atoms with Crippen LogP contribution in [0.2, 0.25) is 0 Å². The Kier molecular flexibility index (Phi) is 8.16. The summed E-state index contributed by atoms with van der Waals surface area (Å²) in [5, 5.41) is 9.97. The zero-order chi connectivity index (χ0) is 11.5. The van der Waals surface area contributed by atoms with E-state index in [2.05, 4.69) is 21.3 Å². The summed E-state index contributed by atoms with van der Waals surface area (Å²) in [4.78, 5) is 21.4. The van der Waals surface area contributed by atoms with Crippen LogP contribution in [-0.4, -0.2) is 52.5 Å². The van der Waals surface area contributed by atoms with Crippen molar-refractivity contribution in [1.29, 1.82) is 0 Å². The van der Waals surface area contributed by atoms with Crippen molar-refractivity contribution in [1.82, 2.24) is 21.3 Å². The summed E-state index contributed by atoms with van der Waals surface area (Å²) in [6.45, 7) is 1.73. The summed E-state index contributed by atoms with van der Waals surface area (Å²) in [6.07, 6.45) is 0. The van der Waals surface area contributed by atoms with Gasteiger partial charge in [0, 0.05) is 27.2 Å². The molecule has 0 aliphatic rings. The van der Waals surface area contributed by atoms with Crippen LogP contribution < -0.4 is 21.3 Å². The van der Waals surface area contributed by atoms with E-state index in [1.807, 2.05) is 0 Å². The zero-order valence-corrected chi connectivity index (χ0v) is 9.05. The average Bonchev–Trinajstić information content (AvgIpc) is 2.26. The van der Waals surface area contributed by atoms with Gasteiger partial charge < -0.3 is 26.0 Å². The number of hydrogen-bond acceptors (Lipinski definition) is 3. The second-order valence-corrected chi connectivity index (χ2v) is 2.62. The van der Waals surface area contributed by atoms with Crippen molar-refractivity contribution in [2.45, 2.75) is 0 Å². The Morgan fingerprint density at radius 3 is 1.67 bits per heavy atom. The molecule has 4 amide bonds. The van der Waals surface area contributed by atoms with Gasteiger partial charge in [-0.05, 0) is 0 Å². The lowest BCUT2D eigenvalue weighted by atomic mass is 10.6. The van der Waals surface area contributed by atoms with Crippen LogP contribution >= 0.6 is 0 Å². The average molecular weight is 218 g/mol. The molecule has 0 spiro atoms. The van der Waals surface area contributed by atoms with E-state index in [1.165, 1.54) is 0 Å². The second kappa shape index (κ2) is 9.07. The molecular weight excluding hydrogens is 200 g/mol. The minimum Gasteiger partial charge on any atom is -0.378 e. The number of carbonyl (C=O) groups excluding carboxylic acids is 2. The second-order valence-electron chi connectivity index (χ2n) is 2.62. The Hall–Kier alpha value is -1.50. The largest absolute Gasteiger partial charge is 0.378 e. The standard InChI is InChI=1S/C8H18N4O3/c1-9-7(13)11-3-5-15-6-4-12-8(14)10-2/h3-6H2,1-2H3,(H2,9,11,13)(H2,10,12,14). The summed E-state index contributed by atoms with van der Waals surface area (Å²) in [6, 6.07) is -0.468. The van der Waals surface area contributed by atoms with E-state index in [9.17, 15) is 9.59 Å². The smallest absolute Gasteiger partial charge is 0.314 e. The summed E-state index contributed by atoms with van der Waals surface area (Å²) in [7, 11) is 3.09. The van der Waals surface area contributed by atoms with Gasteiger partial charge in [-0.2, -0.15) is 0 Å². The monoisotopic (exact) mass is 218 g/mol. The normalized spacial score (nSPS) is 9.20. The fourth-order valence-corrected chi connectivity index (χ4v) is 0.752. The number of hydrogen-bond donors (Lipinski definition) is 4. The van der Waals surface area contributed by atoms with Crippen molar-refractivity contribution in [2.24, 2.45) is 0 Å². The first kappa shape index (κ1) is 13.5. The Labute approximate surface area is 88.9 Å². The fraction of sp³-hybridized carbons (Fsp3) is 0.750. The maximum atomic E-state index is 10.7. The zero-order valence-electron chi connectivity index (χ0n) is 9.05. The minimum atomic E-state index is -0.234. The molecule has 0 bridgehead atoms. The number of nitrogens with one attached hydrogen (secondary N) is 4. The Morgan fingerprint density at radius 2 is 1.33 bits per heavy atom. The van der Waals surface area contributed by atoms with E-state index < -0.39 is 0 Å². The molecule has 7 nitrogen and oxygen atoms in total. The van der Waals surface area contributed by atoms with Gasteiger partial charge in [0.25, 0.3) is 0 Å². The van der Waals surface area contributed by atoms with Crippen molar-refractivity contribution in [2.75, 3.05) is 40.4 Å². The van der Waals surface area contributed by atoms with Crippen LogP contribution in [0, 0.1) is 0 Å². The molecule has 0 heterocycles. The number of rotatable bonds is 6. The molecule has 0 aromatic rings. The first-order valence-electron chi connectivity index (χ1n) is 4.69. The van der Waals surface area contributed by atoms with Gasteiger partial charge in [0.1, 0.15) is 0 Å². The molecular formula is C8H18N4O3. The number of amides is 4. The highest BCUT2D eigenvalue weighted by Crippen LogP contribution is 1.73. The van der Waals surface area contributed by atoms with Gasteiger partial charge in [0.05, 0.1) is 13.2 Å². The highest BCUT2D eigenvalue weighted by molar-refractivity contribution is 5.73. The fourth-order valence-electron chi connectivity index (χ4n) is 0.752. The van der Waals surface area contributed by atoms with Crippen molar-refractivity contribution < 1.29 is 14.3 Å². The van der Waals surface area contributed by atoms with Gasteiger partial charge in [-0.15, -0.1) is 0 Å². The van der Waals surface area contributed by atoms with E-state index in [4.69, 9.17) is 4.74 Å². The molecule has 0 radical (unpaired) electrons. The predicted octanol–water partition coefficient (Wildman–Crippen LogP) is -1.14. The molecule has 0 saturated carbocycles. The maximum Gasteiger partial charge on any atom is 0.314 e. The molecule has 7 heteroatoms. The Bertz CT molecular complexity index is 178. The molecule has 0 aromatic heterocycles. The SMILES string of the molecule is CNC(=O)NCCOCCNC(=O)NC. The number of carbonyl (C=O) groups is 2. The molecule has 4 N–H and O–H groups in total. The van der Waals surface area contributed by atoms with E-state index in [1.54, 1.807) is 14.1 Å². The summed E-state index contributed by atoms with van der Waals surface area (Å²) in [5.74, 6) is 0. The number of urea groups is 2. The maximum absolute atomic E-state index is 10.7. The van der Waals surface area contributed by atoms with E-state index in [0.29, 0.717) is 26.3 Å². The van der Waals surface area contributed by atoms with Crippen molar-refractivity contribution in [3.8, 4) is 0 Å². The first-order valence-corrected chi connectivity index (χ1v) is 4.69. The van der Waals surface area contributed by atoms with Gasteiger partial charge in [-0.25, -0.2) is 9.59 Å². The quantitative estimate of drug-likeness (QED) is 0.425. The summed E-state index contributed by atoms with van der Waals surface area (Å²) in [5.41, 5.74) is 0. The lowest BCUT2D eigenvalue weighted by Gasteiger charge is -2.06. The molecule has 0 aliphatic carbocycles. The molecule has 88 valence electrons. The third-order valence-electron chi connectivity index (χ3n) is 1.52. The van der Waals surface area contributed by atoms with Crippen molar-refractivity contribution in [3.63, 3.8) is 0 Å². The van der Waals surface area contributed by atoms with Crippen molar-refractivity contribution in [3.05, 3.63) is 0 Å². The first-order chi connectivity index (χ1) is 7.20. The van der Waals surface area contributed by atoms with Crippen molar-refractivity contribution >= 4 is 12.1 Å². The van der Waals surface area contributed by atoms with Crippen LogP contribution in [0.5, 0.6) is 0 Å². The highest BCUT2D eigenvalue weighted by atomic mass is 16.5. The highest BCUT2D eigenvalue weighted by Gasteiger charge is 1.95. The Balaban J connectivity index is 3.11. The topological polar surface area (TPSA) is 91.5 Å².